The smallest absolute Gasteiger partial charge is 0.329 e. The van der Waals surface area contributed by atoms with Crippen LogP contribution in [0.4, 0.5) is 22.0 Å². The number of carbonyl (C=O) groups is 1. The summed E-state index contributed by atoms with van der Waals surface area (Å²) in [6, 6.07) is 4.35. The summed E-state index contributed by atoms with van der Waals surface area (Å²) in [5, 5.41) is 1.77. The molecule has 1 aromatic carbocycles. The van der Waals surface area contributed by atoms with Gasteiger partial charge in [0.1, 0.15) is 11.4 Å². The van der Waals surface area contributed by atoms with Crippen LogP contribution in [0, 0.1) is 0 Å². The van der Waals surface area contributed by atoms with Crippen LogP contribution in [-0.2, 0) is 17.5 Å². The number of aromatic nitrogens is 2. The molecule has 0 aliphatic carbocycles. The molecule has 0 N–H and O–H groups in total. The third kappa shape index (κ3) is 3.61. The van der Waals surface area contributed by atoms with E-state index in [1.807, 2.05) is 0 Å². The molecule has 1 amide bonds. The standard InChI is InChI=1S/C18H12F5N3O2S/c19-17(20)7-26(8-17)13(27)5-25-9-24-15-14(16(25)28)12(6-29-15)10-1-3-11(4-2-10)18(21,22)23/h1-4,6,9H,5,7-8H2. The van der Waals surface area contributed by atoms with E-state index < -0.39 is 48.8 Å². The number of hydrogen-bond donors (Lipinski definition) is 0. The average molecular weight is 429 g/mol. The third-order valence-electron chi connectivity index (χ3n) is 4.59. The van der Waals surface area contributed by atoms with E-state index in [4.69, 9.17) is 0 Å². The van der Waals surface area contributed by atoms with Crippen LogP contribution in [0.1, 0.15) is 5.56 Å². The van der Waals surface area contributed by atoms with Crippen LogP contribution in [0.3, 0.4) is 0 Å². The Morgan fingerprint density at radius 3 is 2.41 bits per heavy atom. The molecule has 1 aliphatic heterocycles. The van der Waals surface area contributed by atoms with Crippen molar-refractivity contribution >= 4 is 27.5 Å². The predicted octanol–water partition coefficient (Wildman–Crippen LogP) is 3.62. The molecule has 2 aromatic heterocycles. The first kappa shape index (κ1) is 19.5. The highest BCUT2D eigenvalue weighted by atomic mass is 32.1. The van der Waals surface area contributed by atoms with E-state index in [1.165, 1.54) is 12.1 Å². The first-order chi connectivity index (χ1) is 13.5. The van der Waals surface area contributed by atoms with Gasteiger partial charge in [-0.15, -0.1) is 11.3 Å². The quantitative estimate of drug-likeness (QED) is 0.598. The van der Waals surface area contributed by atoms with Crippen molar-refractivity contribution in [1.29, 1.82) is 0 Å². The number of thiophene rings is 1. The number of fused-ring (bicyclic) bond motifs is 1. The van der Waals surface area contributed by atoms with Crippen LogP contribution in [0.2, 0.25) is 0 Å². The van der Waals surface area contributed by atoms with Gasteiger partial charge in [-0.2, -0.15) is 13.2 Å². The van der Waals surface area contributed by atoms with E-state index in [9.17, 15) is 31.5 Å². The summed E-state index contributed by atoms with van der Waals surface area (Å²) in [5.41, 5.74) is -0.580. The van der Waals surface area contributed by atoms with Crippen molar-refractivity contribution in [1.82, 2.24) is 14.5 Å². The minimum absolute atomic E-state index is 0.166. The fourth-order valence-corrected chi connectivity index (χ4v) is 3.97. The minimum atomic E-state index is -4.47. The van der Waals surface area contributed by atoms with Gasteiger partial charge in [-0.3, -0.25) is 14.2 Å². The second kappa shape index (κ2) is 6.61. The van der Waals surface area contributed by atoms with E-state index in [1.54, 1.807) is 5.38 Å². The summed E-state index contributed by atoms with van der Waals surface area (Å²) < 4.78 is 65.1. The summed E-state index contributed by atoms with van der Waals surface area (Å²) in [6.07, 6.45) is -3.31. The molecule has 11 heteroatoms. The molecule has 1 fully saturated rings. The molecule has 0 unspecified atom stereocenters. The van der Waals surface area contributed by atoms with E-state index in [-0.39, 0.29) is 5.39 Å². The molecule has 3 aromatic rings. The molecule has 0 atom stereocenters. The monoisotopic (exact) mass is 429 g/mol. The van der Waals surface area contributed by atoms with Crippen molar-refractivity contribution in [3.05, 3.63) is 51.9 Å². The van der Waals surface area contributed by atoms with Crippen LogP contribution in [-0.4, -0.2) is 39.4 Å². The number of alkyl halides is 5. The number of benzene rings is 1. The Kier molecular flexibility index (Phi) is 4.45. The first-order valence-corrected chi connectivity index (χ1v) is 9.23. The van der Waals surface area contributed by atoms with Gasteiger partial charge < -0.3 is 4.90 Å². The molecule has 0 radical (unpaired) electrons. The van der Waals surface area contributed by atoms with Crippen molar-refractivity contribution < 1.29 is 26.7 Å². The number of halogens is 5. The minimum Gasteiger partial charge on any atom is -0.329 e. The summed E-state index contributed by atoms with van der Waals surface area (Å²) in [4.78, 5) is 30.4. The van der Waals surface area contributed by atoms with Gasteiger partial charge >= 0.3 is 6.18 Å². The Hall–Kier alpha value is -2.82. The second-order valence-corrected chi connectivity index (χ2v) is 7.55. The van der Waals surface area contributed by atoms with E-state index in [0.717, 1.165) is 39.3 Å². The fraction of sp³-hybridized carbons (Fsp3) is 0.278. The van der Waals surface area contributed by atoms with Gasteiger partial charge in [0.2, 0.25) is 5.91 Å². The van der Waals surface area contributed by atoms with Crippen molar-refractivity contribution in [3.8, 4) is 11.1 Å². The highest BCUT2D eigenvalue weighted by Gasteiger charge is 2.46. The summed E-state index contributed by atoms with van der Waals surface area (Å²) in [5.74, 6) is -3.54. The zero-order valence-corrected chi connectivity index (χ0v) is 15.4. The lowest BCUT2D eigenvalue weighted by atomic mass is 10.0. The van der Waals surface area contributed by atoms with Crippen LogP contribution in [0.15, 0.2) is 40.8 Å². The molecule has 0 saturated carbocycles. The molecule has 1 aliphatic rings. The van der Waals surface area contributed by atoms with Crippen LogP contribution < -0.4 is 5.56 Å². The normalized spacial score (nSPS) is 16.1. The van der Waals surface area contributed by atoms with E-state index in [0.29, 0.717) is 16.0 Å². The zero-order valence-electron chi connectivity index (χ0n) is 14.5. The van der Waals surface area contributed by atoms with Gasteiger partial charge in [0.05, 0.1) is 30.4 Å². The molecule has 29 heavy (non-hydrogen) atoms. The number of likely N-dealkylation sites (tertiary alicyclic amines) is 1. The van der Waals surface area contributed by atoms with E-state index >= 15 is 0 Å². The SMILES string of the molecule is O=C(Cn1cnc2scc(-c3ccc(C(F)(F)F)cc3)c2c1=O)N1CC(F)(F)C1. The van der Waals surface area contributed by atoms with Crippen molar-refractivity contribution in [2.75, 3.05) is 13.1 Å². The molecule has 5 nitrogen and oxygen atoms in total. The summed E-state index contributed by atoms with van der Waals surface area (Å²) in [6.45, 7) is -1.82. The molecule has 0 spiro atoms. The number of amides is 1. The largest absolute Gasteiger partial charge is 0.416 e. The molecular weight excluding hydrogens is 417 g/mol. The maximum absolute atomic E-state index is 12.9. The van der Waals surface area contributed by atoms with Gasteiger partial charge in [-0.25, -0.2) is 13.8 Å². The lowest BCUT2D eigenvalue weighted by Gasteiger charge is -2.38. The van der Waals surface area contributed by atoms with Crippen molar-refractivity contribution in [2.24, 2.45) is 0 Å². The number of carbonyl (C=O) groups excluding carboxylic acids is 1. The van der Waals surface area contributed by atoms with Gasteiger partial charge in [0.25, 0.3) is 11.5 Å². The van der Waals surface area contributed by atoms with Crippen LogP contribution in [0.5, 0.6) is 0 Å². The highest BCUT2D eigenvalue weighted by Crippen LogP contribution is 2.34. The van der Waals surface area contributed by atoms with Gasteiger partial charge in [-0.05, 0) is 17.7 Å². The fourth-order valence-electron chi connectivity index (χ4n) is 3.07. The van der Waals surface area contributed by atoms with Crippen molar-refractivity contribution in [2.45, 2.75) is 18.6 Å². The molecule has 152 valence electrons. The molecule has 3 heterocycles. The highest BCUT2D eigenvalue weighted by molar-refractivity contribution is 7.17. The van der Waals surface area contributed by atoms with Gasteiger partial charge in [0, 0.05) is 10.9 Å². The Labute approximate surface area is 164 Å². The number of nitrogens with zero attached hydrogens (tertiary/aromatic N) is 3. The third-order valence-corrected chi connectivity index (χ3v) is 5.47. The maximum atomic E-state index is 12.9. The second-order valence-electron chi connectivity index (χ2n) is 6.69. The Balaban J connectivity index is 1.66. The summed E-state index contributed by atoms with van der Waals surface area (Å²) >= 11 is 1.14. The Morgan fingerprint density at radius 2 is 1.83 bits per heavy atom. The molecule has 4 rings (SSSR count). The first-order valence-electron chi connectivity index (χ1n) is 8.35. The Morgan fingerprint density at radius 1 is 1.17 bits per heavy atom. The van der Waals surface area contributed by atoms with Crippen molar-refractivity contribution in [3.63, 3.8) is 0 Å². The summed E-state index contributed by atoms with van der Waals surface area (Å²) in [7, 11) is 0. The lowest BCUT2D eigenvalue weighted by molar-refractivity contribution is -0.166. The molecular formula is C18H12F5N3O2S. The van der Waals surface area contributed by atoms with Gasteiger partial charge in [0.15, 0.2) is 0 Å². The molecule has 0 bridgehead atoms. The lowest BCUT2D eigenvalue weighted by Crippen LogP contribution is -2.59. The average Bonchev–Trinajstić information content (AvgIpc) is 3.06. The zero-order chi connectivity index (χ0) is 21.0. The van der Waals surface area contributed by atoms with Crippen LogP contribution >= 0.6 is 11.3 Å². The van der Waals surface area contributed by atoms with E-state index in [2.05, 4.69) is 4.98 Å². The topological polar surface area (TPSA) is 55.2 Å². The Bertz CT molecular complexity index is 1140. The number of hydrogen-bond acceptors (Lipinski definition) is 4. The molecule has 1 saturated heterocycles. The maximum Gasteiger partial charge on any atom is 0.416 e. The number of rotatable bonds is 3. The van der Waals surface area contributed by atoms with Gasteiger partial charge in [-0.1, -0.05) is 12.1 Å². The predicted molar refractivity (Wildman–Crippen MR) is 95.8 cm³/mol. The van der Waals surface area contributed by atoms with Crippen LogP contribution in [0.25, 0.3) is 21.3 Å².